The van der Waals surface area contributed by atoms with E-state index in [-0.39, 0.29) is 0 Å². The Bertz CT molecular complexity index is 730. The number of fused-ring (bicyclic) bond motifs is 1. The van der Waals surface area contributed by atoms with Crippen LogP contribution in [0.2, 0.25) is 0 Å². The van der Waals surface area contributed by atoms with Gasteiger partial charge in [-0.15, -0.1) is 11.3 Å². The summed E-state index contributed by atoms with van der Waals surface area (Å²) < 4.78 is 0. The van der Waals surface area contributed by atoms with Crippen molar-refractivity contribution in [1.82, 2.24) is 4.90 Å². The lowest BCUT2D eigenvalue weighted by Crippen LogP contribution is -2.33. The summed E-state index contributed by atoms with van der Waals surface area (Å²) in [5.41, 5.74) is 9.73. The van der Waals surface area contributed by atoms with Gasteiger partial charge < -0.3 is 16.0 Å². The van der Waals surface area contributed by atoms with Crippen molar-refractivity contribution < 1.29 is 0 Å². The van der Waals surface area contributed by atoms with E-state index in [9.17, 15) is 0 Å². The first-order chi connectivity index (χ1) is 11.7. The molecule has 1 saturated heterocycles. The third-order valence-electron chi connectivity index (χ3n) is 5.30. The summed E-state index contributed by atoms with van der Waals surface area (Å²) >= 11 is 1.62. The number of amidine groups is 1. The van der Waals surface area contributed by atoms with Crippen LogP contribution < -0.4 is 11.1 Å². The summed E-state index contributed by atoms with van der Waals surface area (Å²) in [4.78, 5) is 8.04. The fraction of sp³-hybridized carbons (Fsp3) is 0.421. The number of hydrogen-bond donors (Lipinski definition) is 2. The standard InChI is InChI=1S/C19H24N4S/c1-23-8-6-13(7-9-23)16-12-21-17-11-14(4-5-15(16)17)22-19(20)18-3-2-10-24-18/h2-5,10-11,13,16,21H,6-9,12H2,1H3,(H2,20,22). The Hall–Kier alpha value is -1.85. The molecule has 0 bridgehead atoms. The largest absolute Gasteiger partial charge is 0.384 e. The highest BCUT2D eigenvalue weighted by molar-refractivity contribution is 7.12. The van der Waals surface area contributed by atoms with Crippen LogP contribution in [0.3, 0.4) is 0 Å². The maximum atomic E-state index is 6.11. The zero-order chi connectivity index (χ0) is 16.5. The minimum absolute atomic E-state index is 0.592. The number of rotatable bonds is 3. The predicted molar refractivity (Wildman–Crippen MR) is 103 cm³/mol. The topological polar surface area (TPSA) is 53.6 Å². The molecule has 0 amide bonds. The molecule has 2 aliphatic heterocycles. The second-order valence-electron chi connectivity index (χ2n) is 6.87. The number of likely N-dealkylation sites (tertiary alicyclic amines) is 1. The SMILES string of the molecule is CN1CCC(C2CNc3cc(N=C(N)c4cccs4)ccc32)CC1. The van der Waals surface area contributed by atoms with Crippen LogP contribution in [0.4, 0.5) is 11.4 Å². The van der Waals surface area contributed by atoms with Crippen molar-refractivity contribution in [3.8, 4) is 0 Å². The van der Waals surface area contributed by atoms with E-state index in [0.717, 1.165) is 23.0 Å². The van der Waals surface area contributed by atoms with Crippen molar-refractivity contribution in [3.63, 3.8) is 0 Å². The first-order valence-corrected chi connectivity index (χ1v) is 9.53. The Balaban J connectivity index is 1.53. The molecule has 0 aliphatic carbocycles. The van der Waals surface area contributed by atoms with Crippen LogP contribution in [0.15, 0.2) is 40.7 Å². The normalized spacial score (nSPS) is 22.4. The molecule has 4 nitrogen and oxygen atoms in total. The molecule has 1 atom stereocenters. The minimum Gasteiger partial charge on any atom is -0.384 e. The van der Waals surface area contributed by atoms with Crippen molar-refractivity contribution >= 4 is 28.5 Å². The number of piperidine rings is 1. The summed E-state index contributed by atoms with van der Waals surface area (Å²) in [7, 11) is 2.22. The highest BCUT2D eigenvalue weighted by atomic mass is 32.1. The van der Waals surface area contributed by atoms with Gasteiger partial charge in [-0.3, -0.25) is 0 Å². The van der Waals surface area contributed by atoms with Gasteiger partial charge in [0.1, 0.15) is 5.84 Å². The van der Waals surface area contributed by atoms with Gasteiger partial charge in [-0.1, -0.05) is 12.1 Å². The van der Waals surface area contributed by atoms with E-state index in [4.69, 9.17) is 5.73 Å². The van der Waals surface area contributed by atoms with Crippen LogP contribution in [0, 0.1) is 5.92 Å². The van der Waals surface area contributed by atoms with Gasteiger partial charge in [-0.25, -0.2) is 4.99 Å². The molecule has 3 N–H and O–H groups in total. The fourth-order valence-corrected chi connectivity index (χ4v) is 4.52. The minimum atomic E-state index is 0.592. The number of nitrogens with two attached hydrogens (primary N) is 1. The molecule has 0 radical (unpaired) electrons. The molecule has 24 heavy (non-hydrogen) atoms. The molecule has 2 aliphatic rings. The Labute approximate surface area is 147 Å². The van der Waals surface area contributed by atoms with Gasteiger partial charge in [0.25, 0.3) is 0 Å². The lowest BCUT2D eigenvalue weighted by molar-refractivity contribution is 0.202. The van der Waals surface area contributed by atoms with Gasteiger partial charge >= 0.3 is 0 Å². The molecule has 1 aromatic heterocycles. The average Bonchev–Trinajstić information content (AvgIpc) is 3.25. The van der Waals surface area contributed by atoms with E-state index in [1.807, 2.05) is 17.5 Å². The van der Waals surface area contributed by atoms with E-state index in [1.54, 1.807) is 11.3 Å². The molecule has 126 valence electrons. The first kappa shape index (κ1) is 15.7. The van der Waals surface area contributed by atoms with E-state index in [0.29, 0.717) is 11.8 Å². The van der Waals surface area contributed by atoms with Crippen molar-refractivity contribution in [3.05, 3.63) is 46.2 Å². The number of aliphatic imine (C=N–C) groups is 1. The van der Waals surface area contributed by atoms with Crippen LogP contribution in [0.5, 0.6) is 0 Å². The summed E-state index contributed by atoms with van der Waals surface area (Å²) in [6.07, 6.45) is 2.60. The Kier molecular flexibility index (Phi) is 4.29. The maximum Gasteiger partial charge on any atom is 0.141 e. The van der Waals surface area contributed by atoms with Crippen LogP contribution in [0.25, 0.3) is 0 Å². The fourth-order valence-electron chi connectivity index (χ4n) is 3.89. The zero-order valence-electron chi connectivity index (χ0n) is 14.0. The van der Waals surface area contributed by atoms with Crippen LogP contribution in [0.1, 0.15) is 29.2 Å². The van der Waals surface area contributed by atoms with E-state index < -0.39 is 0 Å². The Morgan fingerprint density at radius 3 is 2.88 bits per heavy atom. The third-order valence-corrected chi connectivity index (χ3v) is 6.20. The van der Waals surface area contributed by atoms with Crippen LogP contribution in [-0.4, -0.2) is 37.4 Å². The number of benzene rings is 1. The average molecular weight is 340 g/mol. The first-order valence-electron chi connectivity index (χ1n) is 8.65. The molecule has 1 unspecified atom stereocenters. The van der Waals surface area contributed by atoms with Crippen molar-refractivity contribution in [2.24, 2.45) is 16.6 Å². The number of nitrogens with zero attached hydrogens (tertiary/aromatic N) is 2. The summed E-state index contributed by atoms with van der Waals surface area (Å²) in [6, 6.07) is 10.5. The Morgan fingerprint density at radius 2 is 2.12 bits per heavy atom. The van der Waals surface area contributed by atoms with Gasteiger partial charge in [0.05, 0.1) is 10.6 Å². The molecule has 0 spiro atoms. The second-order valence-corrected chi connectivity index (χ2v) is 7.82. The van der Waals surface area contributed by atoms with Gasteiger partial charge in [-0.2, -0.15) is 0 Å². The highest BCUT2D eigenvalue weighted by Crippen LogP contribution is 2.41. The third kappa shape index (κ3) is 3.06. The van der Waals surface area contributed by atoms with Gasteiger partial charge in [0, 0.05) is 18.2 Å². The van der Waals surface area contributed by atoms with Gasteiger partial charge in [-0.05, 0) is 68.0 Å². The number of hydrogen-bond acceptors (Lipinski definition) is 4. The molecular formula is C19H24N4S. The number of anilines is 1. The molecule has 0 saturated carbocycles. The number of thiophene rings is 1. The van der Waals surface area contributed by atoms with E-state index >= 15 is 0 Å². The summed E-state index contributed by atoms with van der Waals surface area (Å²) in [5.74, 6) is 2.02. The molecule has 1 fully saturated rings. The van der Waals surface area contributed by atoms with Gasteiger partial charge in [0.15, 0.2) is 0 Å². The maximum absolute atomic E-state index is 6.11. The molecule has 3 heterocycles. The van der Waals surface area contributed by atoms with Crippen LogP contribution >= 0.6 is 11.3 Å². The second kappa shape index (κ2) is 6.57. The Morgan fingerprint density at radius 1 is 1.29 bits per heavy atom. The predicted octanol–water partition coefficient (Wildman–Crippen LogP) is 3.64. The van der Waals surface area contributed by atoms with Crippen molar-refractivity contribution in [1.29, 1.82) is 0 Å². The van der Waals surface area contributed by atoms with Crippen molar-refractivity contribution in [2.75, 3.05) is 32.0 Å². The van der Waals surface area contributed by atoms with Gasteiger partial charge in [0.2, 0.25) is 0 Å². The zero-order valence-corrected chi connectivity index (χ0v) is 14.9. The summed E-state index contributed by atoms with van der Waals surface area (Å²) in [6.45, 7) is 3.49. The smallest absolute Gasteiger partial charge is 0.141 e. The van der Waals surface area contributed by atoms with E-state index in [1.165, 1.54) is 37.2 Å². The monoisotopic (exact) mass is 340 g/mol. The molecule has 2 aromatic rings. The van der Waals surface area contributed by atoms with E-state index in [2.05, 4.69) is 40.5 Å². The number of nitrogens with one attached hydrogen (secondary N) is 1. The van der Waals surface area contributed by atoms with Crippen molar-refractivity contribution in [2.45, 2.75) is 18.8 Å². The lowest BCUT2D eigenvalue weighted by atomic mass is 9.81. The summed E-state index contributed by atoms with van der Waals surface area (Å²) in [5, 5.41) is 5.61. The molecule has 4 rings (SSSR count). The molecule has 5 heteroatoms. The molecular weight excluding hydrogens is 316 g/mol. The van der Waals surface area contributed by atoms with Crippen LogP contribution in [-0.2, 0) is 0 Å². The lowest BCUT2D eigenvalue weighted by Gasteiger charge is -2.32. The molecule has 1 aromatic carbocycles. The quantitative estimate of drug-likeness (QED) is 0.662. The highest BCUT2D eigenvalue weighted by Gasteiger charge is 2.31.